The van der Waals surface area contributed by atoms with E-state index in [4.69, 9.17) is 18.9 Å². The summed E-state index contributed by atoms with van der Waals surface area (Å²) in [6.07, 6.45) is 14.9. The Kier molecular flexibility index (Phi) is 6.82. The van der Waals surface area contributed by atoms with Gasteiger partial charge < -0.3 is 18.9 Å². The highest BCUT2D eigenvalue weighted by Gasteiger charge is 2.72. The van der Waals surface area contributed by atoms with Crippen LogP contribution in [0.3, 0.4) is 0 Å². The number of rotatable bonds is 8. The maximum atomic E-state index is 12.3. The number of allylic oxidation sites excluding steroid dienone is 6. The van der Waals surface area contributed by atoms with Crippen molar-refractivity contribution in [2.75, 3.05) is 13.7 Å². The van der Waals surface area contributed by atoms with E-state index in [-0.39, 0.29) is 41.4 Å². The van der Waals surface area contributed by atoms with E-state index in [1.165, 1.54) is 11.6 Å². The van der Waals surface area contributed by atoms with E-state index >= 15 is 0 Å². The Morgan fingerprint density at radius 2 is 1.93 bits per heavy atom. The summed E-state index contributed by atoms with van der Waals surface area (Å²) < 4.78 is 23.8. The molecule has 0 unspecified atom stereocenters. The molecule has 2 aliphatic heterocycles. The molecule has 0 aromatic rings. The number of carbonyl (C=O) groups excluding carboxylic acids is 1. The largest absolute Gasteiger partial charge is 0.456 e. The van der Waals surface area contributed by atoms with Crippen LogP contribution in [-0.4, -0.2) is 49.2 Å². The average Bonchev–Trinajstić information content (AvgIpc) is 3.59. The van der Waals surface area contributed by atoms with Crippen molar-refractivity contribution >= 4 is 5.97 Å². The summed E-state index contributed by atoms with van der Waals surface area (Å²) >= 11 is 0. The normalized spacial score (nSPS) is 38.8. The van der Waals surface area contributed by atoms with Gasteiger partial charge in [-0.1, -0.05) is 42.0 Å². The van der Waals surface area contributed by atoms with Gasteiger partial charge in [0.1, 0.15) is 23.4 Å². The zero-order valence-electron chi connectivity index (χ0n) is 18.2. The second-order valence-corrected chi connectivity index (χ2v) is 8.62. The van der Waals surface area contributed by atoms with Gasteiger partial charge in [0.05, 0.1) is 18.6 Å². The van der Waals surface area contributed by atoms with Gasteiger partial charge in [0.25, 0.3) is 0 Å². The van der Waals surface area contributed by atoms with Gasteiger partial charge in [0.2, 0.25) is 0 Å². The van der Waals surface area contributed by atoms with Crippen LogP contribution in [0.25, 0.3) is 0 Å². The standard InChI is InChI=1S/C24H34O5/c1-6-7-8-9-10-11-20(25)28-18-14-15-24(16-27-24)22(21(18)26-5)23(4)19(29-23)13-12-17(2)3/h6-12,18-19,21-22H,13-16H2,1-5H3/b7-6+,9-8+,11-10+/t18-,19-,21-,22-,23-,24+/m1/s1. The van der Waals surface area contributed by atoms with Gasteiger partial charge >= 0.3 is 5.97 Å². The number of hydrogen-bond acceptors (Lipinski definition) is 5. The molecule has 3 rings (SSSR count). The average molecular weight is 403 g/mol. The van der Waals surface area contributed by atoms with E-state index in [1.807, 2.05) is 25.2 Å². The van der Waals surface area contributed by atoms with Crippen molar-refractivity contribution < 1.29 is 23.7 Å². The predicted octanol–water partition coefficient (Wildman–Crippen LogP) is 4.29. The highest BCUT2D eigenvalue weighted by molar-refractivity contribution is 5.82. The van der Waals surface area contributed by atoms with Crippen molar-refractivity contribution in [1.82, 2.24) is 0 Å². The Balaban J connectivity index is 1.69. The minimum Gasteiger partial charge on any atom is -0.456 e. The molecule has 3 fully saturated rings. The quantitative estimate of drug-likeness (QED) is 0.199. The molecule has 1 aliphatic carbocycles. The third-order valence-electron chi connectivity index (χ3n) is 6.26. The predicted molar refractivity (Wildman–Crippen MR) is 113 cm³/mol. The molecule has 1 spiro atoms. The molecule has 6 atom stereocenters. The lowest BCUT2D eigenvalue weighted by Crippen LogP contribution is -2.55. The smallest absolute Gasteiger partial charge is 0.331 e. The molecule has 3 aliphatic rings. The van der Waals surface area contributed by atoms with Gasteiger partial charge in [-0.2, -0.15) is 0 Å². The number of methoxy groups -OCH3 is 1. The molecule has 0 aromatic heterocycles. The fraction of sp³-hybridized carbons (Fsp3) is 0.625. The summed E-state index contributed by atoms with van der Waals surface area (Å²) in [4.78, 5) is 12.3. The van der Waals surface area contributed by atoms with Crippen LogP contribution in [0.2, 0.25) is 0 Å². The van der Waals surface area contributed by atoms with Crippen molar-refractivity contribution in [3.63, 3.8) is 0 Å². The molecule has 160 valence electrons. The van der Waals surface area contributed by atoms with E-state index in [0.717, 1.165) is 25.9 Å². The molecular weight excluding hydrogens is 368 g/mol. The summed E-state index contributed by atoms with van der Waals surface area (Å²) in [6.45, 7) is 9.01. The molecule has 2 heterocycles. The third kappa shape index (κ3) is 4.90. The molecule has 1 saturated carbocycles. The first-order valence-corrected chi connectivity index (χ1v) is 10.5. The van der Waals surface area contributed by atoms with E-state index < -0.39 is 0 Å². The molecule has 29 heavy (non-hydrogen) atoms. The molecule has 5 heteroatoms. The van der Waals surface area contributed by atoms with E-state index in [2.05, 4.69) is 26.8 Å². The van der Waals surface area contributed by atoms with Crippen LogP contribution in [0, 0.1) is 5.92 Å². The molecule has 5 nitrogen and oxygen atoms in total. The summed E-state index contributed by atoms with van der Waals surface area (Å²) in [7, 11) is 1.69. The number of ether oxygens (including phenoxy) is 4. The summed E-state index contributed by atoms with van der Waals surface area (Å²) in [6, 6.07) is 0. The molecule has 0 amide bonds. The molecule has 0 bridgehead atoms. The Morgan fingerprint density at radius 1 is 1.21 bits per heavy atom. The Labute approximate surface area is 174 Å². The van der Waals surface area contributed by atoms with Crippen molar-refractivity contribution in [2.45, 2.75) is 76.5 Å². The number of hydrogen-bond donors (Lipinski definition) is 0. The van der Waals surface area contributed by atoms with Crippen LogP contribution >= 0.6 is 0 Å². The monoisotopic (exact) mass is 402 g/mol. The Hall–Kier alpha value is -1.69. The first-order valence-electron chi connectivity index (χ1n) is 10.5. The zero-order chi connectivity index (χ0) is 21.1. The Morgan fingerprint density at radius 3 is 2.55 bits per heavy atom. The number of esters is 1. The SMILES string of the molecule is C/C=C/C=C/C=C/C(=O)O[C@@H]1CC[C@]2(CO2)[C@@H]([C@]2(C)O[C@@H]2CC=C(C)C)[C@@H]1OC. The lowest BCUT2D eigenvalue weighted by molar-refractivity contribution is -0.166. The van der Waals surface area contributed by atoms with Gasteiger partial charge in [-0.15, -0.1) is 0 Å². The van der Waals surface area contributed by atoms with E-state index in [1.54, 1.807) is 19.3 Å². The second kappa shape index (κ2) is 8.99. The van der Waals surface area contributed by atoms with Crippen LogP contribution in [0.1, 0.15) is 47.0 Å². The third-order valence-corrected chi connectivity index (χ3v) is 6.26. The van der Waals surface area contributed by atoms with Crippen molar-refractivity contribution in [2.24, 2.45) is 5.92 Å². The maximum Gasteiger partial charge on any atom is 0.331 e. The van der Waals surface area contributed by atoms with Gasteiger partial charge in [0, 0.05) is 13.2 Å². The van der Waals surface area contributed by atoms with Gasteiger partial charge in [-0.25, -0.2) is 4.79 Å². The van der Waals surface area contributed by atoms with Gasteiger partial charge in [-0.05, 0) is 47.0 Å². The zero-order valence-corrected chi connectivity index (χ0v) is 18.2. The lowest BCUT2D eigenvalue weighted by atomic mass is 9.68. The first-order chi connectivity index (χ1) is 13.9. The van der Waals surface area contributed by atoms with E-state index in [0.29, 0.717) is 0 Å². The molecular formula is C24H34O5. The first kappa shape index (κ1) is 22.0. The second-order valence-electron chi connectivity index (χ2n) is 8.62. The van der Waals surface area contributed by atoms with Crippen LogP contribution in [0.15, 0.2) is 48.1 Å². The van der Waals surface area contributed by atoms with Crippen molar-refractivity contribution in [3.05, 3.63) is 48.1 Å². The minimum absolute atomic E-state index is 0.0423. The van der Waals surface area contributed by atoms with Crippen LogP contribution in [0.5, 0.6) is 0 Å². The summed E-state index contributed by atoms with van der Waals surface area (Å²) in [5, 5.41) is 0. The van der Waals surface area contributed by atoms with Gasteiger partial charge in [0.15, 0.2) is 0 Å². The topological polar surface area (TPSA) is 60.6 Å². The number of epoxide rings is 2. The minimum atomic E-state index is -0.350. The Bertz CT molecular complexity index is 711. The summed E-state index contributed by atoms with van der Waals surface area (Å²) in [5.74, 6) is -0.308. The fourth-order valence-electron chi connectivity index (χ4n) is 4.63. The van der Waals surface area contributed by atoms with Crippen molar-refractivity contribution in [3.8, 4) is 0 Å². The lowest BCUT2D eigenvalue weighted by Gasteiger charge is -2.42. The number of carbonyl (C=O) groups is 1. The van der Waals surface area contributed by atoms with Crippen LogP contribution in [-0.2, 0) is 23.7 Å². The van der Waals surface area contributed by atoms with Gasteiger partial charge in [-0.3, -0.25) is 0 Å². The maximum absolute atomic E-state index is 12.3. The van der Waals surface area contributed by atoms with Crippen LogP contribution in [0.4, 0.5) is 0 Å². The molecule has 0 aromatic carbocycles. The molecule has 0 radical (unpaired) electrons. The highest BCUT2D eigenvalue weighted by atomic mass is 16.6. The van der Waals surface area contributed by atoms with Crippen molar-refractivity contribution in [1.29, 1.82) is 0 Å². The van der Waals surface area contributed by atoms with E-state index in [9.17, 15) is 4.79 Å². The highest BCUT2D eigenvalue weighted by Crippen LogP contribution is 2.59. The fourth-order valence-corrected chi connectivity index (χ4v) is 4.63. The molecule has 2 saturated heterocycles. The summed E-state index contributed by atoms with van der Waals surface area (Å²) in [5.41, 5.74) is 0.761. The van der Waals surface area contributed by atoms with Crippen LogP contribution < -0.4 is 0 Å². The molecule has 0 N–H and O–H groups in total.